The zero-order chi connectivity index (χ0) is 17.0. The molecular weight excluding hydrogens is 292 g/mol. The Morgan fingerprint density at radius 1 is 1.39 bits per heavy atom. The standard InChI is InChI=1S/C19H28O4/c1-13(2)15-10-11-19(3,12-17(15)21)23-18(22)9-8-14-6-4-5-7-16(14)20/h4-7,13,15,17,20-21H,8-12H2,1-3H3/t15-,17+,19+/m0/s1. The Morgan fingerprint density at radius 3 is 2.70 bits per heavy atom. The Morgan fingerprint density at radius 2 is 2.09 bits per heavy atom. The first-order valence-electron chi connectivity index (χ1n) is 8.47. The van der Waals surface area contributed by atoms with E-state index in [4.69, 9.17) is 4.74 Å². The van der Waals surface area contributed by atoms with Crippen LogP contribution < -0.4 is 0 Å². The van der Waals surface area contributed by atoms with Gasteiger partial charge in [-0.05, 0) is 49.7 Å². The number of aliphatic hydroxyl groups excluding tert-OH is 1. The fourth-order valence-electron chi connectivity index (χ4n) is 3.52. The molecule has 0 spiro atoms. The summed E-state index contributed by atoms with van der Waals surface area (Å²) < 4.78 is 5.66. The van der Waals surface area contributed by atoms with Crippen LogP contribution in [0.3, 0.4) is 0 Å². The summed E-state index contributed by atoms with van der Waals surface area (Å²) in [5.74, 6) is 0.652. The number of aromatic hydroxyl groups is 1. The Hall–Kier alpha value is -1.55. The highest BCUT2D eigenvalue weighted by atomic mass is 16.6. The number of phenols is 1. The van der Waals surface area contributed by atoms with Gasteiger partial charge in [-0.1, -0.05) is 32.0 Å². The lowest BCUT2D eigenvalue weighted by Crippen LogP contribution is -2.44. The average molecular weight is 320 g/mol. The van der Waals surface area contributed by atoms with Gasteiger partial charge in [-0.15, -0.1) is 0 Å². The van der Waals surface area contributed by atoms with Crippen LogP contribution in [0.25, 0.3) is 0 Å². The van der Waals surface area contributed by atoms with Crippen molar-refractivity contribution < 1.29 is 19.7 Å². The van der Waals surface area contributed by atoms with Crippen molar-refractivity contribution in [2.24, 2.45) is 11.8 Å². The van der Waals surface area contributed by atoms with E-state index in [2.05, 4.69) is 13.8 Å². The predicted molar refractivity (Wildman–Crippen MR) is 89.1 cm³/mol. The molecule has 1 fully saturated rings. The van der Waals surface area contributed by atoms with Gasteiger partial charge in [0.1, 0.15) is 11.4 Å². The zero-order valence-corrected chi connectivity index (χ0v) is 14.3. The van der Waals surface area contributed by atoms with Crippen LogP contribution in [0.4, 0.5) is 0 Å². The predicted octanol–water partition coefficient (Wildman–Crippen LogP) is 3.44. The summed E-state index contributed by atoms with van der Waals surface area (Å²) in [6.45, 7) is 6.15. The minimum atomic E-state index is -0.583. The summed E-state index contributed by atoms with van der Waals surface area (Å²) in [6.07, 6.45) is 2.44. The van der Waals surface area contributed by atoms with Gasteiger partial charge in [-0.2, -0.15) is 0 Å². The van der Waals surface area contributed by atoms with E-state index in [0.717, 1.165) is 18.4 Å². The van der Waals surface area contributed by atoms with Crippen molar-refractivity contribution in [3.05, 3.63) is 29.8 Å². The minimum Gasteiger partial charge on any atom is -0.508 e. The lowest BCUT2D eigenvalue weighted by Gasteiger charge is -2.41. The van der Waals surface area contributed by atoms with Gasteiger partial charge < -0.3 is 14.9 Å². The van der Waals surface area contributed by atoms with Gasteiger partial charge in [-0.3, -0.25) is 4.79 Å². The zero-order valence-electron chi connectivity index (χ0n) is 14.3. The van der Waals surface area contributed by atoms with E-state index >= 15 is 0 Å². The normalized spacial score (nSPS) is 27.9. The molecule has 1 saturated carbocycles. The number of hydrogen-bond donors (Lipinski definition) is 2. The maximum atomic E-state index is 12.1. The third-order valence-electron chi connectivity index (χ3n) is 4.95. The maximum absolute atomic E-state index is 12.1. The van der Waals surface area contributed by atoms with E-state index in [1.807, 2.05) is 19.1 Å². The first-order valence-corrected chi connectivity index (χ1v) is 8.47. The van der Waals surface area contributed by atoms with E-state index in [-0.39, 0.29) is 24.1 Å². The number of aryl methyl sites for hydroxylation is 1. The highest BCUT2D eigenvalue weighted by molar-refractivity contribution is 5.70. The third-order valence-corrected chi connectivity index (χ3v) is 4.95. The number of rotatable bonds is 5. The van der Waals surface area contributed by atoms with Crippen molar-refractivity contribution in [1.29, 1.82) is 0 Å². The highest BCUT2D eigenvalue weighted by Crippen LogP contribution is 2.38. The smallest absolute Gasteiger partial charge is 0.306 e. The van der Waals surface area contributed by atoms with Gasteiger partial charge in [0.05, 0.1) is 6.10 Å². The van der Waals surface area contributed by atoms with Gasteiger partial charge in [0, 0.05) is 12.8 Å². The minimum absolute atomic E-state index is 0.208. The number of aliphatic hydroxyl groups is 1. The third kappa shape index (κ3) is 4.71. The molecule has 0 amide bonds. The second-order valence-corrected chi connectivity index (χ2v) is 7.27. The molecule has 1 aliphatic carbocycles. The molecule has 2 rings (SSSR count). The molecule has 1 aliphatic rings. The Labute approximate surface area is 138 Å². The molecule has 0 aromatic heterocycles. The van der Waals surface area contributed by atoms with Crippen LogP contribution in [-0.4, -0.2) is 27.9 Å². The molecule has 0 radical (unpaired) electrons. The second-order valence-electron chi connectivity index (χ2n) is 7.27. The molecule has 4 nitrogen and oxygen atoms in total. The van der Waals surface area contributed by atoms with Crippen LogP contribution in [0.15, 0.2) is 24.3 Å². The van der Waals surface area contributed by atoms with Crippen LogP contribution in [0.1, 0.15) is 52.0 Å². The molecule has 0 aliphatic heterocycles. The number of phenolic OH excluding ortho intramolecular Hbond substituents is 1. The van der Waals surface area contributed by atoms with Crippen molar-refractivity contribution in [2.45, 2.75) is 64.6 Å². The molecule has 1 aromatic rings. The maximum Gasteiger partial charge on any atom is 0.306 e. The lowest BCUT2D eigenvalue weighted by molar-refractivity contribution is -0.168. The highest BCUT2D eigenvalue weighted by Gasteiger charge is 2.40. The summed E-state index contributed by atoms with van der Waals surface area (Å²) in [5, 5.41) is 20.0. The van der Waals surface area contributed by atoms with Crippen molar-refractivity contribution in [3.63, 3.8) is 0 Å². The average Bonchev–Trinajstić information content (AvgIpc) is 2.45. The Balaban J connectivity index is 1.86. The molecule has 128 valence electrons. The molecule has 0 unspecified atom stereocenters. The van der Waals surface area contributed by atoms with Gasteiger partial charge in [0.2, 0.25) is 0 Å². The molecule has 4 heteroatoms. The van der Waals surface area contributed by atoms with Crippen LogP contribution in [-0.2, 0) is 16.0 Å². The monoisotopic (exact) mass is 320 g/mol. The summed E-state index contributed by atoms with van der Waals surface area (Å²) in [6, 6.07) is 7.02. The summed E-state index contributed by atoms with van der Waals surface area (Å²) in [4.78, 5) is 12.1. The molecule has 0 bridgehead atoms. The lowest BCUT2D eigenvalue weighted by atomic mass is 9.73. The number of hydrogen-bond acceptors (Lipinski definition) is 4. The number of benzene rings is 1. The second kappa shape index (κ2) is 7.35. The number of para-hydroxylation sites is 1. The van der Waals surface area contributed by atoms with Gasteiger partial charge in [0.15, 0.2) is 0 Å². The van der Waals surface area contributed by atoms with Crippen molar-refractivity contribution >= 4 is 5.97 Å². The van der Waals surface area contributed by atoms with E-state index in [1.54, 1.807) is 12.1 Å². The number of carbonyl (C=O) groups excluding carboxylic acids is 1. The SMILES string of the molecule is CC(C)[C@@H]1CC[C@@](C)(OC(=O)CCc2ccccc2O)C[C@H]1O. The van der Waals surface area contributed by atoms with E-state index in [0.29, 0.717) is 18.8 Å². The molecule has 23 heavy (non-hydrogen) atoms. The van der Waals surface area contributed by atoms with Crippen LogP contribution in [0.5, 0.6) is 5.75 Å². The quantitative estimate of drug-likeness (QED) is 0.816. The first kappa shape index (κ1) is 17.8. The van der Waals surface area contributed by atoms with E-state index in [9.17, 15) is 15.0 Å². The summed E-state index contributed by atoms with van der Waals surface area (Å²) in [5.41, 5.74) is 0.166. The largest absolute Gasteiger partial charge is 0.508 e. The van der Waals surface area contributed by atoms with Crippen LogP contribution >= 0.6 is 0 Å². The summed E-state index contributed by atoms with van der Waals surface area (Å²) >= 11 is 0. The molecule has 2 N–H and O–H groups in total. The van der Waals surface area contributed by atoms with Crippen LogP contribution in [0.2, 0.25) is 0 Å². The molecular formula is C19H28O4. The van der Waals surface area contributed by atoms with Gasteiger partial charge in [0.25, 0.3) is 0 Å². The number of esters is 1. The van der Waals surface area contributed by atoms with Crippen molar-refractivity contribution in [1.82, 2.24) is 0 Å². The Bertz CT molecular complexity index is 540. The topological polar surface area (TPSA) is 66.8 Å². The van der Waals surface area contributed by atoms with E-state index in [1.165, 1.54) is 0 Å². The molecule has 0 heterocycles. The fraction of sp³-hybridized carbons (Fsp3) is 0.632. The van der Waals surface area contributed by atoms with E-state index < -0.39 is 11.7 Å². The fourth-order valence-corrected chi connectivity index (χ4v) is 3.52. The number of carbonyl (C=O) groups is 1. The molecule has 1 aromatic carbocycles. The molecule has 0 saturated heterocycles. The van der Waals surface area contributed by atoms with Crippen LogP contribution in [0, 0.1) is 11.8 Å². The molecule has 3 atom stereocenters. The summed E-state index contributed by atoms with van der Waals surface area (Å²) in [7, 11) is 0. The van der Waals surface area contributed by atoms with Crippen molar-refractivity contribution in [2.75, 3.05) is 0 Å². The first-order chi connectivity index (χ1) is 10.8. The number of ether oxygens (including phenoxy) is 1. The van der Waals surface area contributed by atoms with Gasteiger partial charge in [-0.25, -0.2) is 0 Å². The van der Waals surface area contributed by atoms with Gasteiger partial charge >= 0.3 is 5.97 Å². The Kier molecular flexibility index (Phi) is 5.69. The van der Waals surface area contributed by atoms with Crippen molar-refractivity contribution in [3.8, 4) is 5.75 Å².